The van der Waals surface area contributed by atoms with Gasteiger partial charge in [0.1, 0.15) is 11.9 Å². The van der Waals surface area contributed by atoms with E-state index in [2.05, 4.69) is 22.5 Å². The van der Waals surface area contributed by atoms with E-state index in [-0.39, 0.29) is 12.0 Å². The molecule has 1 aromatic heterocycles. The van der Waals surface area contributed by atoms with Crippen LogP contribution >= 0.6 is 0 Å². The summed E-state index contributed by atoms with van der Waals surface area (Å²) in [6.45, 7) is 6.03. The molecular formula is C31H30N2O3. The fourth-order valence-corrected chi connectivity index (χ4v) is 6.06. The lowest BCUT2D eigenvalue weighted by Crippen LogP contribution is -2.55. The van der Waals surface area contributed by atoms with Crippen LogP contribution in [0, 0.1) is 11.8 Å². The van der Waals surface area contributed by atoms with Gasteiger partial charge in [-0.1, -0.05) is 36.4 Å². The molecule has 1 unspecified atom stereocenters. The molecule has 2 bridgehead atoms. The number of ether oxygens (including phenoxy) is 2. The number of hydrogen-bond donors (Lipinski definition) is 0. The Kier molecular flexibility index (Phi) is 5.94. The van der Waals surface area contributed by atoms with Gasteiger partial charge in [0.15, 0.2) is 0 Å². The lowest BCUT2D eigenvalue weighted by atomic mass is 9.73. The minimum atomic E-state index is -0.421. The first-order valence-electron chi connectivity index (χ1n) is 12.6. The highest BCUT2D eigenvalue weighted by Gasteiger charge is 2.44. The topological polar surface area (TPSA) is 51.7 Å². The van der Waals surface area contributed by atoms with Crippen LogP contribution in [0.5, 0.6) is 5.75 Å². The Bertz CT molecular complexity index is 1450. The SMILES string of the molecule is C=C[C@H]1CN2CC[C@H]1C[C@H]2[C@H](OC(=O)c1ccc2ccccc2c1)c1ccnc2ccc(OC)cc12. The van der Waals surface area contributed by atoms with E-state index in [1.54, 1.807) is 7.11 Å². The van der Waals surface area contributed by atoms with Crippen molar-refractivity contribution in [2.75, 3.05) is 20.2 Å². The molecular weight excluding hydrogens is 448 g/mol. The summed E-state index contributed by atoms with van der Waals surface area (Å²) in [6, 6.07) is 21.8. The number of carbonyl (C=O) groups excluding carboxylic acids is 1. The zero-order chi connectivity index (χ0) is 24.6. The second-order valence-corrected chi connectivity index (χ2v) is 9.92. The molecule has 0 radical (unpaired) electrons. The minimum absolute atomic E-state index is 0.0983. The number of rotatable bonds is 6. The molecule has 4 aromatic rings. The molecule has 3 aliphatic rings. The second kappa shape index (κ2) is 9.40. The van der Waals surface area contributed by atoms with E-state index < -0.39 is 6.10 Å². The molecule has 5 atom stereocenters. The summed E-state index contributed by atoms with van der Waals surface area (Å²) in [6.07, 6.45) is 5.61. The molecule has 36 heavy (non-hydrogen) atoms. The van der Waals surface area contributed by atoms with Gasteiger partial charge in [-0.25, -0.2) is 4.79 Å². The van der Waals surface area contributed by atoms with Crippen molar-refractivity contribution in [3.63, 3.8) is 0 Å². The zero-order valence-electron chi connectivity index (χ0n) is 20.5. The third-order valence-electron chi connectivity index (χ3n) is 8.01. The van der Waals surface area contributed by atoms with Crippen LogP contribution in [0.2, 0.25) is 0 Å². The van der Waals surface area contributed by atoms with Gasteiger partial charge in [0.2, 0.25) is 0 Å². The van der Waals surface area contributed by atoms with E-state index in [4.69, 9.17) is 9.47 Å². The fraction of sp³-hybridized carbons (Fsp3) is 0.290. The Labute approximate surface area is 211 Å². The molecule has 0 N–H and O–H groups in total. The maximum atomic E-state index is 13.6. The smallest absolute Gasteiger partial charge is 0.338 e. The van der Waals surface area contributed by atoms with Gasteiger partial charge in [0.05, 0.1) is 24.2 Å². The number of benzene rings is 3. The number of hydrogen-bond acceptors (Lipinski definition) is 5. The first-order valence-corrected chi connectivity index (χ1v) is 12.6. The quantitative estimate of drug-likeness (QED) is 0.244. The number of pyridine rings is 1. The normalized spacial score (nSPS) is 23.9. The van der Waals surface area contributed by atoms with E-state index in [9.17, 15) is 4.79 Å². The molecule has 3 saturated heterocycles. The van der Waals surface area contributed by atoms with Crippen molar-refractivity contribution < 1.29 is 14.3 Å². The molecule has 5 nitrogen and oxygen atoms in total. The molecule has 7 rings (SSSR count). The highest BCUT2D eigenvalue weighted by molar-refractivity contribution is 5.95. The van der Waals surface area contributed by atoms with Gasteiger partial charge in [0.25, 0.3) is 0 Å². The van der Waals surface area contributed by atoms with E-state index in [0.29, 0.717) is 17.4 Å². The van der Waals surface area contributed by atoms with Crippen LogP contribution in [-0.2, 0) is 4.74 Å². The van der Waals surface area contributed by atoms with Crippen molar-refractivity contribution in [2.24, 2.45) is 11.8 Å². The van der Waals surface area contributed by atoms with Crippen molar-refractivity contribution in [2.45, 2.75) is 25.0 Å². The number of piperidine rings is 3. The van der Waals surface area contributed by atoms with E-state index >= 15 is 0 Å². The van der Waals surface area contributed by atoms with Gasteiger partial charge in [-0.3, -0.25) is 9.88 Å². The van der Waals surface area contributed by atoms with Crippen LogP contribution in [-0.4, -0.2) is 42.1 Å². The summed E-state index contributed by atoms with van der Waals surface area (Å²) in [5, 5.41) is 3.08. The van der Waals surface area contributed by atoms with Crippen LogP contribution in [0.3, 0.4) is 0 Å². The Morgan fingerprint density at radius 3 is 2.75 bits per heavy atom. The maximum absolute atomic E-state index is 13.6. The van der Waals surface area contributed by atoms with Gasteiger partial charge in [-0.05, 0) is 78.4 Å². The van der Waals surface area contributed by atoms with Crippen molar-refractivity contribution in [1.29, 1.82) is 0 Å². The third-order valence-corrected chi connectivity index (χ3v) is 8.01. The lowest BCUT2D eigenvalue weighted by Gasteiger charge is -2.51. The van der Waals surface area contributed by atoms with Gasteiger partial charge >= 0.3 is 5.97 Å². The molecule has 0 aliphatic carbocycles. The Hall–Kier alpha value is -3.70. The zero-order valence-corrected chi connectivity index (χ0v) is 20.5. The lowest BCUT2D eigenvalue weighted by molar-refractivity contribution is -0.0568. The summed E-state index contributed by atoms with van der Waals surface area (Å²) < 4.78 is 12.0. The first kappa shape index (κ1) is 22.7. The Balaban J connectivity index is 1.41. The Morgan fingerprint density at radius 1 is 1.11 bits per heavy atom. The highest BCUT2D eigenvalue weighted by Crippen LogP contribution is 2.44. The summed E-state index contributed by atoms with van der Waals surface area (Å²) in [7, 11) is 1.66. The number of carbonyl (C=O) groups is 1. The van der Waals surface area contributed by atoms with Gasteiger partial charge < -0.3 is 9.47 Å². The van der Waals surface area contributed by atoms with Crippen LogP contribution in [0.1, 0.15) is 34.9 Å². The summed E-state index contributed by atoms with van der Waals surface area (Å²) in [5.41, 5.74) is 2.40. The number of esters is 1. The monoisotopic (exact) mass is 478 g/mol. The third kappa shape index (κ3) is 4.03. The van der Waals surface area contributed by atoms with Crippen LogP contribution < -0.4 is 4.74 Å². The van der Waals surface area contributed by atoms with Crippen molar-refractivity contribution in [3.8, 4) is 5.75 Å². The average Bonchev–Trinajstić information content (AvgIpc) is 2.95. The molecule has 182 valence electrons. The predicted octanol–water partition coefficient (Wildman–Crippen LogP) is 6.19. The number of methoxy groups -OCH3 is 1. The van der Waals surface area contributed by atoms with Gasteiger partial charge in [-0.15, -0.1) is 6.58 Å². The maximum Gasteiger partial charge on any atom is 0.338 e. The summed E-state index contributed by atoms with van der Waals surface area (Å²) in [4.78, 5) is 20.7. The van der Waals surface area contributed by atoms with Crippen LogP contribution in [0.25, 0.3) is 21.7 Å². The predicted molar refractivity (Wildman–Crippen MR) is 142 cm³/mol. The number of nitrogens with zero attached hydrogens (tertiary/aromatic N) is 2. The van der Waals surface area contributed by atoms with Gasteiger partial charge in [-0.2, -0.15) is 0 Å². The molecule has 0 saturated carbocycles. The number of aromatic nitrogens is 1. The molecule has 0 spiro atoms. The Morgan fingerprint density at radius 2 is 1.97 bits per heavy atom. The molecule has 3 fully saturated rings. The largest absolute Gasteiger partial charge is 0.497 e. The number of fused-ring (bicyclic) bond motifs is 5. The van der Waals surface area contributed by atoms with E-state index in [1.807, 2.05) is 72.9 Å². The molecule has 3 aromatic carbocycles. The highest BCUT2D eigenvalue weighted by atomic mass is 16.5. The second-order valence-electron chi connectivity index (χ2n) is 9.92. The van der Waals surface area contributed by atoms with Crippen molar-refractivity contribution in [3.05, 3.63) is 96.7 Å². The van der Waals surface area contributed by atoms with Gasteiger partial charge in [0, 0.05) is 23.7 Å². The van der Waals surface area contributed by atoms with Crippen molar-refractivity contribution in [1.82, 2.24) is 9.88 Å². The fourth-order valence-electron chi connectivity index (χ4n) is 6.06. The van der Waals surface area contributed by atoms with Crippen LogP contribution in [0.15, 0.2) is 85.6 Å². The molecule has 0 amide bonds. The van der Waals surface area contributed by atoms with Crippen LogP contribution in [0.4, 0.5) is 0 Å². The first-order chi connectivity index (χ1) is 17.6. The van der Waals surface area contributed by atoms with Crippen molar-refractivity contribution >= 4 is 27.6 Å². The summed E-state index contributed by atoms with van der Waals surface area (Å²) >= 11 is 0. The summed E-state index contributed by atoms with van der Waals surface area (Å²) in [5.74, 6) is 1.50. The minimum Gasteiger partial charge on any atom is -0.497 e. The molecule has 4 heterocycles. The van der Waals surface area contributed by atoms with E-state index in [1.165, 1.54) is 0 Å². The molecule has 3 aliphatic heterocycles. The standard InChI is InChI=1S/C31H30N2O3/c1-3-20-19-33-15-13-23(20)17-29(33)30(26-12-14-32-28-11-10-25(35-2)18-27(26)28)36-31(34)24-9-8-21-6-4-5-7-22(21)16-24/h3-12,14,16,18,20,23,29-30H,1,13,15,17,19H2,2H3/t20-,23-,29-,30+/m0/s1. The molecule has 5 heteroatoms. The van der Waals surface area contributed by atoms with E-state index in [0.717, 1.165) is 58.9 Å². The average molecular weight is 479 g/mol.